The minimum Gasteiger partial charge on any atom is -0.337 e. The number of H-pyrrole nitrogens is 1. The summed E-state index contributed by atoms with van der Waals surface area (Å²) < 4.78 is 0. The Balaban J connectivity index is 1.67. The molecule has 0 radical (unpaired) electrons. The monoisotopic (exact) mass is 362 g/mol. The molecule has 1 atom stereocenters. The van der Waals surface area contributed by atoms with Gasteiger partial charge < -0.3 is 20.0 Å². The highest BCUT2D eigenvalue weighted by Crippen LogP contribution is 2.39. The molecule has 1 aromatic rings. The zero-order valence-corrected chi connectivity index (χ0v) is 16.9. The van der Waals surface area contributed by atoms with Crippen molar-refractivity contribution in [3.63, 3.8) is 0 Å². The molecule has 26 heavy (non-hydrogen) atoms. The summed E-state index contributed by atoms with van der Waals surface area (Å²) in [5, 5.41) is 10.9. The van der Waals surface area contributed by atoms with Crippen molar-refractivity contribution in [1.82, 2.24) is 30.2 Å². The normalized spacial score (nSPS) is 22.7. The number of carbonyl (C=O) groups excluding carboxylic acids is 1. The molecule has 1 fully saturated rings. The number of fused-ring (bicyclic) bond motifs is 1. The molecule has 2 aliphatic heterocycles. The summed E-state index contributed by atoms with van der Waals surface area (Å²) >= 11 is 0. The highest BCUT2D eigenvalue weighted by atomic mass is 16.2. The molecular formula is C19H34N6O. The van der Waals surface area contributed by atoms with E-state index in [1.54, 1.807) is 0 Å². The predicted octanol–water partition coefficient (Wildman–Crippen LogP) is 1.62. The van der Waals surface area contributed by atoms with E-state index in [0.29, 0.717) is 19.0 Å². The number of likely N-dealkylation sites (tertiary alicyclic amines) is 1. The first-order valence-electron chi connectivity index (χ1n) is 9.74. The Kier molecular flexibility index (Phi) is 5.58. The summed E-state index contributed by atoms with van der Waals surface area (Å²) in [6, 6.07) is -0.00167. The van der Waals surface area contributed by atoms with E-state index in [-0.39, 0.29) is 11.6 Å². The molecule has 2 amide bonds. The third-order valence-corrected chi connectivity index (χ3v) is 5.82. The summed E-state index contributed by atoms with van der Waals surface area (Å²) in [5.74, 6) is 0.671. The highest BCUT2D eigenvalue weighted by molar-refractivity contribution is 5.76. The summed E-state index contributed by atoms with van der Waals surface area (Å²) in [5.41, 5.74) is 3.10. The van der Waals surface area contributed by atoms with E-state index in [1.165, 1.54) is 30.6 Å². The molecule has 0 bridgehead atoms. The van der Waals surface area contributed by atoms with Crippen molar-refractivity contribution in [3.8, 4) is 0 Å². The number of carbonyl (C=O) groups is 1. The van der Waals surface area contributed by atoms with E-state index >= 15 is 0 Å². The second-order valence-corrected chi connectivity index (χ2v) is 8.68. The third kappa shape index (κ3) is 3.88. The molecule has 1 saturated heterocycles. The van der Waals surface area contributed by atoms with Crippen molar-refractivity contribution in [3.05, 3.63) is 17.0 Å². The van der Waals surface area contributed by atoms with Gasteiger partial charge in [-0.25, -0.2) is 4.79 Å². The van der Waals surface area contributed by atoms with Crippen LogP contribution in [0.1, 0.15) is 43.6 Å². The highest BCUT2D eigenvalue weighted by Gasteiger charge is 2.44. The van der Waals surface area contributed by atoms with Crippen molar-refractivity contribution < 1.29 is 4.79 Å². The smallest absolute Gasteiger partial charge is 0.318 e. The van der Waals surface area contributed by atoms with E-state index in [2.05, 4.69) is 46.2 Å². The van der Waals surface area contributed by atoms with Crippen LogP contribution in [0.25, 0.3) is 0 Å². The van der Waals surface area contributed by atoms with Crippen LogP contribution in [0, 0.1) is 5.92 Å². The van der Waals surface area contributed by atoms with E-state index < -0.39 is 0 Å². The summed E-state index contributed by atoms with van der Waals surface area (Å²) in [6.07, 6.45) is 3.57. The van der Waals surface area contributed by atoms with Crippen LogP contribution in [0.15, 0.2) is 0 Å². The second kappa shape index (κ2) is 7.56. The molecule has 7 heteroatoms. The topological polar surface area (TPSA) is 67.5 Å². The molecule has 2 N–H and O–H groups in total. The maximum absolute atomic E-state index is 12.7. The summed E-state index contributed by atoms with van der Waals surface area (Å²) in [7, 11) is 6.22. The van der Waals surface area contributed by atoms with Crippen molar-refractivity contribution in [2.45, 2.75) is 45.2 Å². The van der Waals surface area contributed by atoms with Gasteiger partial charge in [0.25, 0.3) is 0 Å². The van der Waals surface area contributed by atoms with Crippen LogP contribution in [0.4, 0.5) is 4.79 Å². The number of rotatable bonds is 5. The number of piperidine rings is 1. The van der Waals surface area contributed by atoms with Crippen LogP contribution in [0.2, 0.25) is 0 Å². The van der Waals surface area contributed by atoms with Crippen molar-refractivity contribution in [2.24, 2.45) is 5.92 Å². The first-order chi connectivity index (χ1) is 12.3. The Morgan fingerprint density at radius 1 is 1.42 bits per heavy atom. The minimum absolute atomic E-state index is 0.00167. The summed E-state index contributed by atoms with van der Waals surface area (Å²) in [6.45, 7) is 8.66. The van der Waals surface area contributed by atoms with Gasteiger partial charge in [-0.3, -0.25) is 5.10 Å². The quantitative estimate of drug-likeness (QED) is 0.835. The first-order valence-corrected chi connectivity index (χ1v) is 9.74. The maximum Gasteiger partial charge on any atom is 0.318 e. The molecule has 0 aromatic carbocycles. The van der Waals surface area contributed by atoms with E-state index in [1.807, 2.05) is 19.0 Å². The Labute approximate surface area is 157 Å². The van der Waals surface area contributed by atoms with Crippen LogP contribution in [0.3, 0.4) is 0 Å². The molecule has 146 valence electrons. The van der Waals surface area contributed by atoms with Gasteiger partial charge in [0.1, 0.15) is 0 Å². The standard InChI is InChI=1S/C19H34N6O/c1-19(2)17-15(13-25(19)18(26)20-8-10-23(3)4)16(21-22-17)11-14-7-6-9-24(5)12-14/h14H,6-13H2,1-5H3,(H,20,26)(H,21,22). The molecule has 0 aliphatic carbocycles. The minimum atomic E-state index is -0.379. The molecule has 1 unspecified atom stereocenters. The lowest BCUT2D eigenvalue weighted by atomic mass is 9.92. The number of aromatic nitrogens is 2. The van der Waals surface area contributed by atoms with Gasteiger partial charge in [0.2, 0.25) is 0 Å². The molecule has 0 saturated carbocycles. The summed E-state index contributed by atoms with van der Waals surface area (Å²) in [4.78, 5) is 19.1. The van der Waals surface area contributed by atoms with Gasteiger partial charge in [-0.15, -0.1) is 0 Å². The Morgan fingerprint density at radius 3 is 2.88 bits per heavy atom. The number of nitrogens with one attached hydrogen (secondary N) is 2. The second-order valence-electron chi connectivity index (χ2n) is 8.68. The van der Waals surface area contributed by atoms with Crippen molar-refractivity contribution in [1.29, 1.82) is 0 Å². The number of hydrogen-bond acceptors (Lipinski definition) is 4. The largest absolute Gasteiger partial charge is 0.337 e. The Bertz CT molecular complexity index is 638. The molecule has 7 nitrogen and oxygen atoms in total. The van der Waals surface area contributed by atoms with Gasteiger partial charge in [-0.2, -0.15) is 5.10 Å². The molecule has 3 heterocycles. The third-order valence-electron chi connectivity index (χ3n) is 5.82. The van der Waals surface area contributed by atoms with E-state index in [0.717, 1.165) is 25.2 Å². The lowest BCUT2D eigenvalue weighted by Crippen LogP contribution is -2.47. The fourth-order valence-corrected chi connectivity index (χ4v) is 4.27. The average Bonchev–Trinajstić information content (AvgIpc) is 3.06. The van der Waals surface area contributed by atoms with Gasteiger partial charge >= 0.3 is 6.03 Å². The number of likely N-dealkylation sites (N-methyl/N-ethyl adjacent to an activating group) is 1. The van der Waals surface area contributed by atoms with Gasteiger partial charge in [0, 0.05) is 30.9 Å². The zero-order chi connectivity index (χ0) is 18.9. The van der Waals surface area contributed by atoms with Crippen molar-refractivity contribution in [2.75, 3.05) is 47.3 Å². The lowest BCUT2D eigenvalue weighted by Gasteiger charge is -2.31. The Hall–Kier alpha value is -1.60. The van der Waals surface area contributed by atoms with Crippen LogP contribution in [-0.2, 0) is 18.5 Å². The van der Waals surface area contributed by atoms with Crippen LogP contribution in [-0.4, -0.2) is 78.3 Å². The molecule has 3 rings (SSSR count). The van der Waals surface area contributed by atoms with Gasteiger partial charge in [-0.05, 0) is 66.7 Å². The first kappa shape index (κ1) is 19.2. The van der Waals surface area contributed by atoms with Gasteiger partial charge in [0.15, 0.2) is 0 Å². The maximum atomic E-state index is 12.7. The molecule has 0 spiro atoms. The van der Waals surface area contributed by atoms with Crippen LogP contribution >= 0.6 is 0 Å². The molecular weight excluding hydrogens is 328 g/mol. The van der Waals surface area contributed by atoms with Gasteiger partial charge in [-0.1, -0.05) is 0 Å². The predicted molar refractivity (Wildman–Crippen MR) is 103 cm³/mol. The van der Waals surface area contributed by atoms with Crippen LogP contribution in [0.5, 0.6) is 0 Å². The SMILES string of the molecule is CN(C)CCNC(=O)N1Cc2c(n[nH]c2CC2CCCN(C)C2)C1(C)C. The van der Waals surface area contributed by atoms with E-state index in [4.69, 9.17) is 0 Å². The Morgan fingerprint density at radius 2 is 2.19 bits per heavy atom. The number of amides is 2. The van der Waals surface area contributed by atoms with Gasteiger partial charge in [0.05, 0.1) is 17.8 Å². The number of urea groups is 1. The fourth-order valence-electron chi connectivity index (χ4n) is 4.27. The fraction of sp³-hybridized carbons (Fsp3) is 0.789. The van der Waals surface area contributed by atoms with Crippen molar-refractivity contribution >= 4 is 6.03 Å². The number of nitrogens with zero attached hydrogens (tertiary/aromatic N) is 4. The zero-order valence-electron chi connectivity index (χ0n) is 16.9. The van der Waals surface area contributed by atoms with E-state index in [9.17, 15) is 4.79 Å². The molecule has 1 aromatic heterocycles. The number of hydrogen-bond donors (Lipinski definition) is 2. The average molecular weight is 363 g/mol. The van der Waals surface area contributed by atoms with Crippen LogP contribution < -0.4 is 5.32 Å². The number of aromatic amines is 1. The molecule has 2 aliphatic rings. The lowest BCUT2D eigenvalue weighted by molar-refractivity contribution is 0.141.